The van der Waals surface area contributed by atoms with Crippen molar-refractivity contribution in [3.05, 3.63) is 24.3 Å². The predicted octanol–water partition coefficient (Wildman–Crippen LogP) is 12.9. The summed E-state index contributed by atoms with van der Waals surface area (Å²) < 4.78 is 13.6. The number of aliphatic hydroxyl groups excluding tert-OH is 1. The number of nitrogens with zero attached hydrogens (tertiary/aromatic N) is 1. The zero-order valence-corrected chi connectivity index (χ0v) is 33.3. The minimum atomic E-state index is 0.167. The summed E-state index contributed by atoms with van der Waals surface area (Å²) in [5.41, 5.74) is 0. The third-order valence-corrected chi connectivity index (χ3v) is 9.73. The van der Waals surface area contributed by atoms with E-state index in [1.54, 1.807) is 0 Å². The lowest BCUT2D eigenvalue weighted by Crippen LogP contribution is -2.48. The van der Waals surface area contributed by atoms with Crippen molar-refractivity contribution >= 4 is 0 Å². The SMILES string of the molecule is CCCCCCC/C=C/CCCCCCCCOCC(C[N+](C)(C)CCCCCO)OCCCCCCCC/C=C/CCCCCCC. The predicted molar refractivity (Wildman–Crippen MR) is 213 cm³/mol. The molecule has 0 aromatic carbocycles. The Hall–Kier alpha value is -0.680. The Morgan fingerprint density at radius 1 is 0.479 bits per heavy atom. The molecule has 0 radical (unpaired) electrons. The van der Waals surface area contributed by atoms with Gasteiger partial charge in [0.25, 0.3) is 0 Å². The Labute approximate surface area is 302 Å². The van der Waals surface area contributed by atoms with E-state index in [2.05, 4.69) is 52.2 Å². The quantitative estimate of drug-likeness (QED) is 0.0398. The molecule has 0 bridgehead atoms. The van der Waals surface area contributed by atoms with E-state index in [1.807, 2.05) is 0 Å². The van der Waals surface area contributed by atoms with Crippen molar-refractivity contribution in [3.63, 3.8) is 0 Å². The highest BCUT2D eigenvalue weighted by atomic mass is 16.5. The number of aliphatic hydroxyl groups is 1. The second kappa shape index (κ2) is 39.1. The van der Waals surface area contributed by atoms with E-state index in [0.717, 1.165) is 63.1 Å². The standard InChI is InChI=1S/C44H88NO3/c1-5-7-9-11-13-15-17-19-21-23-25-27-29-31-36-40-47-43-44(42-45(3,4)38-34-33-35-39-46)48-41-37-32-30-28-26-24-22-20-18-16-14-12-10-8-6-2/h17-20,44,46H,5-16,21-43H2,1-4H3/q+1/b19-17+,20-18+. The van der Waals surface area contributed by atoms with Gasteiger partial charge in [0.2, 0.25) is 0 Å². The summed E-state index contributed by atoms with van der Waals surface area (Å²) in [6, 6.07) is 0. The van der Waals surface area contributed by atoms with Gasteiger partial charge in [-0.2, -0.15) is 0 Å². The lowest BCUT2D eigenvalue weighted by molar-refractivity contribution is -0.893. The van der Waals surface area contributed by atoms with Crippen LogP contribution in [0.1, 0.15) is 200 Å². The third-order valence-electron chi connectivity index (χ3n) is 9.73. The second-order valence-electron chi connectivity index (χ2n) is 15.4. The molecule has 0 aromatic heterocycles. The Morgan fingerprint density at radius 3 is 1.33 bits per heavy atom. The maximum atomic E-state index is 9.14. The molecule has 48 heavy (non-hydrogen) atoms. The fraction of sp³-hybridized carbons (Fsp3) is 0.909. The van der Waals surface area contributed by atoms with Gasteiger partial charge in [0.05, 0.1) is 27.2 Å². The first-order chi connectivity index (χ1) is 23.6. The maximum Gasteiger partial charge on any atom is 0.130 e. The fourth-order valence-corrected chi connectivity index (χ4v) is 6.54. The topological polar surface area (TPSA) is 38.7 Å². The first-order valence-corrected chi connectivity index (χ1v) is 21.5. The average Bonchev–Trinajstić information content (AvgIpc) is 3.07. The molecule has 0 spiro atoms. The molecule has 0 fully saturated rings. The maximum absolute atomic E-state index is 9.14. The van der Waals surface area contributed by atoms with E-state index in [-0.39, 0.29) is 6.10 Å². The number of hydrogen-bond acceptors (Lipinski definition) is 3. The average molecular weight is 679 g/mol. The van der Waals surface area contributed by atoms with Gasteiger partial charge in [0.15, 0.2) is 0 Å². The molecule has 1 atom stereocenters. The van der Waals surface area contributed by atoms with E-state index >= 15 is 0 Å². The van der Waals surface area contributed by atoms with Crippen molar-refractivity contribution in [2.24, 2.45) is 0 Å². The van der Waals surface area contributed by atoms with Crippen LogP contribution in [0.2, 0.25) is 0 Å². The van der Waals surface area contributed by atoms with Crippen molar-refractivity contribution in [2.45, 2.75) is 206 Å². The van der Waals surface area contributed by atoms with Crippen LogP contribution in [0.25, 0.3) is 0 Å². The second-order valence-corrected chi connectivity index (χ2v) is 15.4. The van der Waals surface area contributed by atoms with E-state index < -0.39 is 0 Å². The number of ether oxygens (including phenoxy) is 2. The number of unbranched alkanes of at least 4 members (excludes halogenated alkanes) is 24. The first kappa shape index (κ1) is 47.3. The summed E-state index contributed by atoms with van der Waals surface area (Å²) in [7, 11) is 4.64. The van der Waals surface area contributed by atoms with Gasteiger partial charge in [-0.05, 0) is 83.5 Å². The molecule has 1 N–H and O–H groups in total. The molecular formula is C44H88NO3+. The zero-order valence-electron chi connectivity index (χ0n) is 33.3. The van der Waals surface area contributed by atoms with Crippen molar-refractivity contribution in [3.8, 4) is 0 Å². The molecule has 4 heteroatoms. The van der Waals surface area contributed by atoms with Crippen molar-refractivity contribution in [1.82, 2.24) is 0 Å². The van der Waals surface area contributed by atoms with Crippen LogP contribution >= 0.6 is 0 Å². The molecule has 0 aliphatic heterocycles. The molecule has 0 aromatic rings. The molecule has 0 saturated heterocycles. The van der Waals surface area contributed by atoms with Gasteiger partial charge in [-0.3, -0.25) is 0 Å². The van der Waals surface area contributed by atoms with Crippen LogP contribution in [0.3, 0.4) is 0 Å². The van der Waals surface area contributed by atoms with Gasteiger partial charge in [-0.25, -0.2) is 0 Å². The first-order valence-electron chi connectivity index (χ1n) is 21.5. The summed E-state index contributed by atoms with van der Waals surface area (Å²) in [5.74, 6) is 0. The van der Waals surface area contributed by atoms with Gasteiger partial charge in [0.1, 0.15) is 12.6 Å². The van der Waals surface area contributed by atoms with Crippen LogP contribution in [0.5, 0.6) is 0 Å². The van der Waals surface area contributed by atoms with Crippen molar-refractivity contribution < 1.29 is 19.1 Å². The van der Waals surface area contributed by atoms with Crippen LogP contribution in [-0.2, 0) is 9.47 Å². The highest BCUT2D eigenvalue weighted by Gasteiger charge is 2.22. The number of allylic oxidation sites excluding steroid dienone is 4. The summed E-state index contributed by atoms with van der Waals surface area (Å²) in [6.07, 6.45) is 47.5. The summed E-state index contributed by atoms with van der Waals surface area (Å²) in [5, 5.41) is 9.14. The summed E-state index contributed by atoms with van der Waals surface area (Å²) in [4.78, 5) is 0. The number of likely N-dealkylation sites (N-methyl/N-ethyl adjacent to an activating group) is 1. The van der Waals surface area contributed by atoms with Crippen molar-refractivity contribution in [1.29, 1.82) is 0 Å². The number of quaternary nitrogens is 1. The van der Waals surface area contributed by atoms with Crippen LogP contribution < -0.4 is 0 Å². The molecule has 0 heterocycles. The number of hydrogen-bond donors (Lipinski definition) is 1. The lowest BCUT2D eigenvalue weighted by atomic mass is 10.1. The smallest absolute Gasteiger partial charge is 0.130 e. The van der Waals surface area contributed by atoms with E-state index in [0.29, 0.717) is 6.61 Å². The molecular weight excluding hydrogens is 590 g/mol. The Balaban J connectivity index is 4.02. The third kappa shape index (κ3) is 38.1. The monoisotopic (exact) mass is 679 g/mol. The zero-order chi connectivity index (χ0) is 35.1. The highest BCUT2D eigenvalue weighted by Crippen LogP contribution is 2.13. The molecule has 1 unspecified atom stereocenters. The van der Waals surface area contributed by atoms with E-state index in [4.69, 9.17) is 14.6 Å². The van der Waals surface area contributed by atoms with Crippen LogP contribution in [0.4, 0.5) is 0 Å². The number of rotatable bonds is 40. The minimum Gasteiger partial charge on any atom is -0.396 e. The van der Waals surface area contributed by atoms with Crippen molar-refractivity contribution in [2.75, 3.05) is 53.6 Å². The van der Waals surface area contributed by atoms with Gasteiger partial charge >= 0.3 is 0 Å². The molecule has 0 amide bonds. The molecule has 0 rings (SSSR count). The molecule has 4 nitrogen and oxygen atoms in total. The normalized spacial score (nSPS) is 13.0. The fourth-order valence-electron chi connectivity index (χ4n) is 6.54. The molecule has 286 valence electrons. The van der Waals surface area contributed by atoms with Crippen LogP contribution in [0, 0.1) is 0 Å². The Kier molecular flexibility index (Phi) is 38.6. The Bertz CT molecular complexity index is 662. The molecule has 0 aliphatic carbocycles. The highest BCUT2D eigenvalue weighted by molar-refractivity contribution is 4.82. The molecule has 0 saturated carbocycles. The largest absolute Gasteiger partial charge is 0.396 e. The van der Waals surface area contributed by atoms with Gasteiger partial charge in [0, 0.05) is 19.8 Å². The lowest BCUT2D eigenvalue weighted by Gasteiger charge is -2.33. The van der Waals surface area contributed by atoms with Gasteiger partial charge < -0.3 is 19.1 Å². The Morgan fingerprint density at radius 2 is 0.875 bits per heavy atom. The van der Waals surface area contributed by atoms with E-state index in [1.165, 1.54) is 161 Å². The summed E-state index contributed by atoms with van der Waals surface area (Å²) >= 11 is 0. The molecule has 0 aliphatic rings. The van der Waals surface area contributed by atoms with Crippen LogP contribution in [0.15, 0.2) is 24.3 Å². The van der Waals surface area contributed by atoms with E-state index in [9.17, 15) is 0 Å². The van der Waals surface area contributed by atoms with Gasteiger partial charge in [-0.1, -0.05) is 141 Å². The summed E-state index contributed by atoms with van der Waals surface area (Å²) in [6.45, 7) is 9.43. The van der Waals surface area contributed by atoms with Gasteiger partial charge in [-0.15, -0.1) is 0 Å². The van der Waals surface area contributed by atoms with Crippen LogP contribution in [-0.4, -0.2) is 69.3 Å². The minimum absolute atomic E-state index is 0.167.